The third-order valence-electron chi connectivity index (χ3n) is 5.54. The largest absolute Gasteiger partial charge is 0.389 e. The van der Waals surface area contributed by atoms with E-state index in [9.17, 15) is 15.2 Å². The van der Waals surface area contributed by atoms with Crippen LogP contribution in [0.2, 0.25) is 5.15 Å². The molecule has 4 rings (SSSR count). The molecule has 1 N–H and O–H groups in total. The van der Waals surface area contributed by atoms with E-state index in [1.54, 1.807) is 25.4 Å². The van der Waals surface area contributed by atoms with Gasteiger partial charge in [-0.15, -0.1) is 0 Å². The lowest BCUT2D eigenvalue weighted by Gasteiger charge is -2.39. The molecule has 3 aromatic heterocycles. The molecule has 0 bridgehead atoms. The van der Waals surface area contributed by atoms with Gasteiger partial charge in [0.2, 0.25) is 0 Å². The normalized spacial score (nSPS) is 16.0. The number of anilines is 1. The van der Waals surface area contributed by atoms with Crippen LogP contribution >= 0.6 is 11.6 Å². The molecule has 0 unspecified atom stereocenters. The van der Waals surface area contributed by atoms with E-state index in [1.165, 1.54) is 4.57 Å². The predicted octanol–water partition coefficient (Wildman–Crippen LogP) is 2.43. The van der Waals surface area contributed by atoms with Crippen LogP contribution in [0.3, 0.4) is 0 Å². The number of fused-ring (bicyclic) bond motifs is 1. The van der Waals surface area contributed by atoms with Crippen LogP contribution < -0.4 is 10.5 Å². The van der Waals surface area contributed by atoms with Gasteiger partial charge < -0.3 is 14.6 Å². The van der Waals surface area contributed by atoms with Crippen LogP contribution in [0.15, 0.2) is 41.3 Å². The summed E-state index contributed by atoms with van der Waals surface area (Å²) in [6.07, 6.45) is 3.17. The molecule has 29 heavy (non-hydrogen) atoms. The van der Waals surface area contributed by atoms with Crippen LogP contribution in [0, 0.1) is 11.3 Å². The van der Waals surface area contributed by atoms with Crippen molar-refractivity contribution < 1.29 is 5.11 Å². The maximum atomic E-state index is 12.7. The molecule has 1 saturated heterocycles. The molecule has 7 nitrogen and oxygen atoms in total. The molecule has 1 aliphatic heterocycles. The number of halogens is 1. The summed E-state index contributed by atoms with van der Waals surface area (Å²) in [5.74, 6) is 0. The number of hydrogen-bond acceptors (Lipinski definition) is 6. The molecule has 1 fully saturated rings. The highest BCUT2D eigenvalue weighted by atomic mass is 35.5. The molecule has 0 saturated carbocycles. The van der Waals surface area contributed by atoms with Gasteiger partial charge in [-0.05, 0) is 37.1 Å². The second-order valence-electron chi connectivity index (χ2n) is 7.41. The summed E-state index contributed by atoms with van der Waals surface area (Å²) < 4.78 is 1.42. The monoisotopic (exact) mass is 409 g/mol. The van der Waals surface area contributed by atoms with Crippen molar-refractivity contribution in [1.29, 1.82) is 5.26 Å². The number of aromatic nitrogens is 3. The standard InChI is InChI=1S/C21H20ClN5O2/c1-26-16-5-6-17(22)25-18(16)19(15(13-23)20(26)28)27-10-7-21(29,8-11-27)12-14-4-2-3-9-24-14/h2-6,9,29H,7-8,10-12H2,1H3. The Kier molecular flexibility index (Phi) is 4.99. The van der Waals surface area contributed by atoms with E-state index in [1.807, 2.05) is 29.2 Å². The van der Waals surface area contributed by atoms with Crippen molar-refractivity contribution in [3.8, 4) is 6.07 Å². The summed E-state index contributed by atoms with van der Waals surface area (Å²) >= 11 is 6.11. The summed E-state index contributed by atoms with van der Waals surface area (Å²) in [6, 6.07) is 11.1. The Morgan fingerprint density at radius 3 is 2.69 bits per heavy atom. The molecule has 0 spiro atoms. The van der Waals surface area contributed by atoms with Gasteiger partial charge in [0.15, 0.2) is 0 Å². The first-order valence-electron chi connectivity index (χ1n) is 9.38. The highest BCUT2D eigenvalue weighted by Crippen LogP contribution is 2.33. The van der Waals surface area contributed by atoms with Gasteiger partial charge >= 0.3 is 0 Å². The van der Waals surface area contributed by atoms with Crippen molar-refractivity contribution in [2.24, 2.45) is 7.05 Å². The maximum Gasteiger partial charge on any atom is 0.270 e. The van der Waals surface area contributed by atoms with Crippen molar-refractivity contribution in [1.82, 2.24) is 14.5 Å². The second-order valence-corrected chi connectivity index (χ2v) is 7.80. The van der Waals surface area contributed by atoms with Crippen LogP contribution in [-0.2, 0) is 13.5 Å². The Hall–Kier alpha value is -2.95. The Morgan fingerprint density at radius 2 is 2.03 bits per heavy atom. The fourth-order valence-corrected chi connectivity index (χ4v) is 4.09. The Bertz CT molecular complexity index is 1160. The van der Waals surface area contributed by atoms with E-state index in [0.717, 1.165) is 5.69 Å². The van der Waals surface area contributed by atoms with Crippen LogP contribution in [0.1, 0.15) is 24.1 Å². The van der Waals surface area contributed by atoms with Gasteiger partial charge in [-0.25, -0.2) is 4.98 Å². The first-order chi connectivity index (χ1) is 13.9. The van der Waals surface area contributed by atoms with Crippen molar-refractivity contribution >= 4 is 28.3 Å². The minimum absolute atomic E-state index is 0.0462. The van der Waals surface area contributed by atoms with Gasteiger partial charge in [0.25, 0.3) is 5.56 Å². The topological polar surface area (TPSA) is 95.0 Å². The van der Waals surface area contributed by atoms with E-state index >= 15 is 0 Å². The minimum Gasteiger partial charge on any atom is -0.389 e. The summed E-state index contributed by atoms with van der Waals surface area (Å²) in [5.41, 5.74) is 1.27. The fraction of sp³-hybridized carbons (Fsp3) is 0.333. The highest BCUT2D eigenvalue weighted by Gasteiger charge is 2.35. The van der Waals surface area contributed by atoms with Gasteiger partial charge in [0, 0.05) is 38.4 Å². The molecular weight excluding hydrogens is 390 g/mol. The zero-order valence-corrected chi connectivity index (χ0v) is 16.7. The third kappa shape index (κ3) is 3.57. The molecule has 1 aliphatic rings. The zero-order chi connectivity index (χ0) is 20.6. The molecule has 148 valence electrons. The van der Waals surface area contributed by atoms with E-state index in [0.29, 0.717) is 54.2 Å². The van der Waals surface area contributed by atoms with Crippen LogP contribution in [0.25, 0.3) is 11.0 Å². The number of aryl methyl sites for hydroxylation is 1. The second kappa shape index (κ2) is 7.47. The summed E-state index contributed by atoms with van der Waals surface area (Å²) in [5, 5.41) is 21.0. The van der Waals surface area contributed by atoms with E-state index in [2.05, 4.69) is 9.97 Å². The quantitative estimate of drug-likeness (QED) is 0.667. The summed E-state index contributed by atoms with van der Waals surface area (Å²) in [7, 11) is 1.62. The fourth-order valence-electron chi connectivity index (χ4n) is 3.94. The van der Waals surface area contributed by atoms with E-state index < -0.39 is 5.60 Å². The van der Waals surface area contributed by atoms with Crippen LogP contribution in [-0.4, -0.2) is 38.3 Å². The molecule has 0 atom stereocenters. The Morgan fingerprint density at radius 1 is 1.28 bits per heavy atom. The van der Waals surface area contributed by atoms with Crippen LogP contribution in [0.5, 0.6) is 0 Å². The number of piperidine rings is 1. The highest BCUT2D eigenvalue weighted by molar-refractivity contribution is 6.29. The lowest BCUT2D eigenvalue weighted by atomic mass is 9.86. The lowest BCUT2D eigenvalue weighted by molar-refractivity contribution is 0.0157. The summed E-state index contributed by atoms with van der Waals surface area (Å²) in [4.78, 5) is 23.4. The van der Waals surface area contributed by atoms with Gasteiger partial charge in [0.05, 0.1) is 16.8 Å². The van der Waals surface area contributed by atoms with Gasteiger partial charge in [-0.3, -0.25) is 9.78 Å². The first-order valence-corrected chi connectivity index (χ1v) is 9.76. The van der Waals surface area contributed by atoms with Gasteiger partial charge in [0.1, 0.15) is 22.3 Å². The molecule has 0 aliphatic carbocycles. The predicted molar refractivity (Wildman–Crippen MR) is 111 cm³/mol. The first kappa shape index (κ1) is 19.4. The van der Waals surface area contributed by atoms with Crippen LogP contribution in [0.4, 0.5) is 5.69 Å². The molecule has 8 heteroatoms. The smallest absolute Gasteiger partial charge is 0.270 e. The van der Waals surface area contributed by atoms with Crippen molar-refractivity contribution in [2.45, 2.75) is 24.9 Å². The number of rotatable bonds is 3. The van der Waals surface area contributed by atoms with E-state index in [4.69, 9.17) is 11.6 Å². The average Bonchev–Trinajstić information content (AvgIpc) is 2.72. The molecule has 0 aromatic carbocycles. The number of nitriles is 1. The SMILES string of the molecule is Cn1c(=O)c(C#N)c(N2CCC(O)(Cc3ccccn3)CC2)c2nc(Cl)ccc21. The molecular formula is C21H20ClN5O2. The molecule has 0 amide bonds. The molecule has 4 heterocycles. The summed E-state index contributed by atoms with van der Waals surface area (Å²) in [6.45, 7) is 0.989. The number of hydrogen-bond donors (Lipinski definition) is 1. The zero-order valence-electron chi connectivity index (χ0n) is 16.0. The average molecular weight is 410 g/mol. The third-order valence-corrected chi connectivity index (χ3v) is 5.75. The number of pyridine rings is 3. The lowest BCUT2D eigenvalue weighted by Crippen LogP contribution is -2.46. The number of nitrogens with zero attached hydrogens (tertiary/aromatic N) is 5. The van der Waals surface area contributed by atoms with E-state index in [-0.39, 0.29) is 11.1 Å². The Balaban J connectivity index is 1.70. The van der Waals surface area contributed by atoms with Gasteiger partial charge in [-0.2, -0.15) is 5.26 Å². The van der Waals surface area contributed by atoms with Gasteiger partial charge in [-0.1, -0.05) is 17.7 Å². The molecule has 0 radical (unpaired) electrons. The molecule has 3 aromatic rings. The number of aliphatic hydroxyl groups is 1. The van der Waals surface area contributed by atoms with Crippen molar-refractivity contribution in [2.75, 3.05) is 18.0 Å². The van der Waals surface area contributed by atoms with Crippen molar-refractivity contribution in [3.05, 3.63) is 63.3 Å². The minimum atomic E-state index is -0.877. The Labute approximate surface area is 172 Å². The van der Waals surface area contributed by atoms with Crippen molar-refractivity contribution in [3.63, 3.8) is 0 Å². The maximum absolute atomic E-state index is 12.7.